The largest absolute Gasteiger partial charge is 0.396 e. The molecule has 0 aliphatic heterocycles. The molecule has 20 heavy (non-hydrogen) atoms. The molecule has 1 fully saturated rings. The first kappa shape index (κ1) is 14.8. The molecule has 1 aromatic heterocycles. The van der Waals surface area contributed by atoms with E-state index in [2.05, 4.69) is 34.1 Å². The highest BCUT2D eigenvalue weighted by Gasteiger charge is 2.41. The lowest BCUT2D eigenvalue weighted by Gasteiger charge is -2.20. The average Bonchev–Trinajstić information content (AvgIpc) is 3.18. The second kappa shape index (κ2) is 6.21. The van der Waals surface area contributed by atoms with Crippen LogP contribution < -0.4 is 16.0 Å². The van der Waals surface area contributed by atoms with E-state index in [9.17, 15) is 0 Å². The number of nitrogens with zero attached hydrogens (tertiary/aromatic N) is 4. The van der Waals surface area contributed by atoms with E-state index in [0.29, 0.717) is 11.9 Å². The summed E-state index contributed by atoms with van der Waals surface area (Å²) in [5.74, 6) is 1.36. The van der Waals surface area contributed by atoms with E-state index in [0.717, 1.165) is 38.9 Å². The summed E-state index contributed by atoms with van der Waals surface area (Å²) in [4.78, 5) is 14.8. The van der Waals surface area contributed by atoms with Crippen LogP contribution in [0.25, 0.3) is 0 Å². The number of aliphatic hydroxyl groups excluding tert-OH is 1. The summed E-state index contributed by atoms with van der Waals surface area (Å²) < 4.78 is 0. The SMILES string of the molecule is CCN(CC)c1nc(N)nc(NCC2(CCO)CC2)n1. The number of hydrogen-bond donors (Lipinski definition) is 3. The molecule has 112 valence electrons. The summed E-state index contributed by atoms with van der Waals surface area (Å²) in [6.07, 6.45) is 3.11. The zero-order valence-electron chi connectivity index (χ0n) is 12.3. The lowest BCUT2D eigenvalue weighted by molar-refractivity contribution is 0.253. The Balaban J connectivity index is 2.04. The number of hydrogen-bond acceptors (Lipinski definition) is 7. The fourth-order valence-corrected chi connectivity index (χ4v) is 2.30. The normalized spacial score (nSPS) is 15.9. The van der Waals surface area contributed by atoms with Gasteiger partial charge in [0.1, 0.15) is 0 Å². The number of nitrogen functional groups attached to an aromatic ring is 1. The monoisotopic (exact) mass is 280 g/mol. The molecular formula is C13H24N6O. The zero-order chi connectivity index (χ0) is 14.6. The minimum atomic E-state index is 0.214. The van der Waals surface area contributed by atoms with E-state index >= 15 is 0 Å². The molecule has 7 heteroatoms. The Labute approximate surface area is 119 Å². The van der Waals surface area contributed by atoms with Crippen LogP contribution in [-0.2, 0) is 0 Å². The Kier molecular flexibility index (Phi) is 4.59. The van der Waals surface area contributed by atoms with Gasteiger partial charge in [0.2, 0.25) is 17.8 Å². The van der Waals surface area contributed by atoms with Crippen molar-refractivity contribution in [3.8, 4) is 0 Å². The van der Waals surface area contributed by atoms with E-state index in [1.165, 1.54) is 0 Å². The third-order valence-corrected chi connectivity index (χ3v) is 3.91. The molecule has 1 aliphatic carbocycles. The van der Waals surface area contributed by atoms with Crippen LogP contribution in [-0.4, -0.2) is 46.3 Å². The van der Waals surface area contributed by atoms with Crippen LogP contribution in [0.4, 0.5) is 17.8 Å². The quantitative estimate of drug-likeness (QED) is 0.649. The van der Waals surface area contributed by atoms with Gasteiger partial charge in [-0.2, -0.15) is 15.0 Å². The van der Waals surface area contributed by atoms with Crippen LogP contribution in [0.5, 0.6) is 0 Å². The molecule has 0 atom stereocenters. The van der Waals surface area contributed by atoms with Gasteiger partial charge in [-0.25, -0.2) is 0 Å². The van der Waals surface area contributed by atoms with Crippen molar-refractivity contribution >= 4 is 17.8 Å². The second-order valence-electron chi connectivity index (χ2n) is 5.32. The molecule has 1 aromatic rings. The van der Waals surface area contributed by atoms with Gasteiger partial charge in [0, 0.05) is 26.2 Å². The van der Waals surface area contributed by atoms with Crippen molar-refractivity contribution in [2.24, 2.45) is 5.41 Å². The summed E-state index contributed by atoms with van der Waals surface area (Å²) >= 11 is 0. The highest BCUT2D eigenvalue weighted by molar-refractivity contribution is 5.42. The molecule has 0 radical (unpaired) electrons. The van der Waals surface area contributed by atoms with Gasteiger partial charge in [0.25, 0.3) is 0 Å². The van der Waals surface area contributed by atoms with Gasteiger partial charge in [0.15, 0.2) is 0 Å². The molecule has 0 aromatic carbocycles. The Bertz CT molecular complexity index is 444. The Hall–Kier alpha value is -1.63. The first-order chi connectivity index (χ1) is 9.62. The predicted molar refractivity (Wildman–Crippen MR) is 79.7 cm³/mol. The summed E-state index contributed by atoms with van der Waals surface area (Å²) in [5.41, 5.74) is 5.97. The topological polar surface area (TPSA) is 100 Å². The summed E-state index contributed by atoms with van der Waals surface area (Å²) in [6.45, 7) is 6.76. The molecule has 0 amide bonds. The molecule has 0 bridgehead atoms. The van der Waals surface area contributed by atoms with Crippen molar-refractivity contribution in [1.29, 1.82) is 0 Å². The zero-order valence-corrected chi connectivity index (χ0v) is 12.3. The first-order valence-electron chi connectivity index (χ1n) is 7.23. The van der Waals surface area contributed by atoms with Crippen molar-refractivity contribution in [2.45, 2.75) is 33.1 Å². The van der Waals surface area contributed by atoms with Gasteiger partial charge in [-0.15, -0.1) is 0 Å². The minimum Gasteiger partial charge on any atom is -0.396 e. The lowest BCUT2D eigenvalue weighted by Crippen LogP contribution is -2.26. The standard InChI is InChI=1S/C13H24N6O/c1-3-19(4-2)12-17-10(14)16-11(18-12)15-9-13(5-6-13)7-8-20/h20H,3-9H2,1-2H3,(H3,14,15,16,17,18). The number of aromatic nitrogens is 3. The number of rotatable bonds is 8. The van der Waals surface area contributed by atoms with E-state index in [1.54, 1.807) is 0 Å². The molecule has 0 unspecified atom stereocenters. The maximum Gasteiger partial charge on any atom is 0.231 e. The Morgan fingerprint density at radius 2 is 1.95 bits per heavy atom. The predicted octanol–water partition coefficient (Wildman–Crippen LogP) is 0.874. The Morgan fingerprint density at radius 3 is 2.50 bits per heavy atom. The maximum atomic E-state index is 9.07. The third-order valence-electron chi connectivity index (χ3n) is 3.91. The molecule has 7 nitrogen and oxygen atoms in total. The molecule has 4 N–H and O–H groups in total. The molecule has 1 aliphatic rings. The van der Waals surface area contributed by atoms with Crippen LogP contribution in [0, 0.1) is 5.41 Å². The minimum absolute atomic E-state index is 0.214. The third kappa shape index (κ3) is 3.47. The van der Waals surface area contributed by atoms with Crippen LogP contribution in [0.1, 0.15) is 33.1 Å². The first-order valence-corrected chi connectivity index (χ1v) is 7.23. The molecule has 0 saturated heterocycles. The van der Waals surface area contributed by atoms with Gasteiger partial charge in [-0.3, -0.25) is 0 Å². The van der Waals surface area contributed by atoms with Crippen molar-refractivity contribution in [1.82, 2.24) is 15.0 Å². The molecule has 2 rings (SSSR count). The fraction of sp³-hybridized carbons (Fsp3) is 0.769. The second-order valence-corrected chi connectivity index (χ2v) is 5.32. The number of anilines is 3. The van der Waals surface area contributed by atoms with Gasteiger partial charge < -0.3 is 21.1 Å². The Morgan fingerprint density at radius 1 is 1.25 bits per heavy atom. The average molecular weight is 280 g/mol. The van der Waals surface area contributed by atoms with E-state index in [-0.39, 0.29) is 18.0 Å². The van der Waals surface area contributed by atoms with Gasteiger partial charge in [-0.05, 0) is 38.5 Å². The van der Waals surface area contributed by atoms with Crippen LogP contribution in [0.15, 0.2) is 0 Å². The molecule has 1 saturated carbocycles. The van der Waals surface area contributed by atoms with E-state index in [4.69, 9.17) is 10.8 Å². The summed E-state index contributed by atoms with van der Waals surface area (Å²) in [7, 11) is 0. The molecule has 1 heterocycles. The van der Waals surface area contributed by atoms with Crippen molar-refractivity contribution in [3.63, 3.8) is 0 Å². The molecule has 0 spiro atoms. The van der Waals surface area contributed by atoms with Crippen LogP contribution >= 0.6 is 0 Å². The van der Waals surface area contributed by atoms with E-state index < -0.39 is 0 Å². The van der Waals surface area contributed by atoms with Gasteiger partial charge >= 0.3 is 0 Å². The highest BCUT2D eigenvalue weighted by Crippen LogP contribution is 2.48. The highest BCUT2D eigenvalue weighted by atomic mass is 16.3. The number of aliphatic hydroxyl groups is 1. The van der Waals surface area contributed by atoms with Crippen molar-refractivity contribution in [2.75, 3.05) is 42.2 Å². The van der Waals surface area contributed by atoms with Crippen LogP contribution in [0.3, 0.4) is 0 Å². The smallest absolute Gasteiger partial charge is 0.231 e. The van der Waals surface area contributed by atoms with Gasteiger partial charge in [-0.1, -0.05) is 0 Å². The van der Waals surface area contributed by atoms with Crippen molar-refractivity contribution in [3.05, 3.63) is 0 Å². The van der Waals surface area contributed by atoms with Crippen LogP contribution in [0.2, 0.25) is 0 Å². The van der Waals surface area contributed by atoms with Crippen molar-refractivity contribution < 1.29 is 5.11 Å². The van der Waals surface area contributed by atoms with E-state index in [1.807, 2.05) is 4.90 Å². The lowest BCUT2D eigenvalue weighted by atomic mass is 10.0. The summed E-state index contributed by atoms with van der Waals surface area (Å²) in [5, 5.41) is 12.3. The number of nitrogens with two attached hydrogens (primary N) is 1. The molecular weight excluding hydrogens is 256 g/mol. The fourth-order valence-electron chi connectivity index (χ4n) is 2.30. The number of nitrogens with one attached hydrogen (secondary N) is 1. The maximum absolute atomic E-state index is 9.07. The van der Waals surface area contributed by atoms with Gasteiger partial charge in [0.05, 0.1) is 0 Å². The summed E-state index contributed by atoms with van der Waals surface area (Å²) in [6, 6.07) is 0.